The van der Waals surface area contributed by atoms with Crippen molar-refractivity contribution < 1.29 is 18.3 Å². The van der Waals surface area contributed by atoms with E-state index in [-0.39, 0.29) is 5.52 Å². The summed E-state index contributed by atoms with van der Waals surface area (Å²) in [6.45, 7) is 4.13. The summed E-state index contributed by atoms with van der Waals surface area (Å²) in [5.74, 6) is 0.399. The fourth-order valence-electron chi connectivity index (χ4n) is 2.10. The van der Waals surface area contributed by atoms with Crippen molar-refractivity contribution in [3.05, 3.63) is 29.6 Å². The highest BCUT2D eigenvalue weighted by Gasteiger charge is 2.31. The number of hydrogen-bond acceptors (Lipinski definition) is 2. The first-order valence-corrected chi connectivity index (χ1v) is 6.10. The van der Waals surface area contributed by atoms with Crippen LogP contribution in [-0.2, 0) is 12.7 Å². The molecule has 1 aromatic heterocycles. The van der Waals surface area contributed by atoms with Crippen molar-refractivity contribution in [1.82, 2.24) is 9.55 Å². The van der Waals surface area contributed by atoms with Crippen molar-refractivity contribution in [1.29, 1.82) is 0 Å². The SMILES string of the molecule is CCCn1c([C@H](C)O)nc2cc(C(F)(F)F)ccc21. The molecule has 2 rings (SSSR count). The molecule has 3 nitrogen and oxygen atoms in total. The fourth-order valence-corrected chi connectivity index (χ4v) is 2.10. The Hall–Kier alpha value is -1.56. The maximum atomic E-state index is 12.6. The third-order valence-electron chi connectivity index (χ3n) is 2.93. The van der Waals surface area contributed by atoms with Crippen molar-refractivity contribution in [3.8, 4) is 0 Å². The van der Waals surface area contributed by atoms with Crippen LogP contribution >= 0.6 is 0 Å². The molecule has 0 bridgehead atoms. The maximum Gasteiger partial charge on any atom is 0.416 e. The average molecular weight is 272 g/mol. The molecule has 1 N–H and O–H groups in total. The van der Waals surface area contributed by atoms with Gasteiger partial charge in [0.25, 0.3) is 0 Å². The molecule has 0 aliphatic carbocycles. The number of aliphatic hydroxyl groups is 1. The molecule has 0 unspecified atom stereocenters. The molecule has 1 atom stereocenters. The minimum atomic E-state index is -4.38. The first-order chi connectivity index (χ1) is 8.84. The molecule has 0 saturated heterocycles. The Morgan fingerprint density at radius 1 is 1.37 bits per heavy atom. The van der Waals surface area contributed by atoms with E-state index in [9.17, 15) is 18.3 Å². The smallest absolute Gasteiger partial charge is 0.385 e. The summed E-state index contributed by atoms with van der Waals surface area (Å²) in [6, 6.07) is 3.47. The molecule has 0 spiro atoms. The molecule has 0 aliphatic rings. The van der Waals surface area contributed by atoms with Crippen LogP contribution in [0.4, 0.5) is 13.2 Å². The lowest BCUT2D eigenvalue weighted by Crippen LogP contribution is -2.06. The molecule has 0 fully saturated rings. The molecule has 104 valence electrons. The number of aromatic nitrogens is 2. The highest BCUT2D eigenvalue weighted by Crippen LogP contribution is 2.32. The van der Waals surface area contributed by atoms with Crippen LogP contribution in [0.15, 0.2) is 18.2 Å². The number of imidazole rings is 1. The van der Waals surface area contributed by atoms with Gasteiger partial charge in [-0.2, -0.15) is 13.2 Å². The average Bonchev–Trinajstić information content (AvgIpc) is 2.67. The Morgan fingerprint density at radius 2 is 2.05 bits per heavy atom. The minimum absolute atomic E-state index is 0.263. The number of fused-ring (bicyclic) bond motifs is 1. The van der Waals surface area contributed by atoms with Crippen LogP contribution in [0, 0.1) is 0 Å². The largest absolute Gasteiger partial charge is 0.416 e. The number of aryl methyl sites for hydroxylation is 1. The van der Waals surface area contributed by atoms with Crippen LogP contribution in [0.3, 0.4) is 0 Å². The molecule has 0 amide bonds. The minimum Gasteiger partial charge on any atom is -0.385 e. The van der Waals surface area contributed by atoms with Crippen molar-refractivity contribution >= 4 is 11.0 Å². The van der Waals surface area contributed by atoms with Gasteiger partial charge in [0.2, 0.25) is 0 Å². The van der Waals surface area contributed by atoms with Gasteiger partial charge in [0.15, 0.2) is 0 Å². The zero-order chi connectivity index (χ0) is 14.2. The number of halogens is 3. The van der Waals surface area contributed by atoms with Crippen molar-refractivity contribution in [2.45, 2.75) is 39.1 Å². The summed E-state index contributed by atoms with van der Waals surface area (Å²) in [6.07, 6.45) is -4.38. The van der Waals surface area contributed by atoms with E-state index in [0.717, 1.165) is 18.6 Å². The van der Waals surface area contributed by atoms with Gasteiger partial charge in [-0.3, -0.25) is 0 Å². The number of rotatable bonds is 3. The van der Waals surface area contributed by atoms with Gasteiger partial charge in [-0.25, -0.2) is 4.98 Å². The predicted molar refractivity (Wildman–Crippen MR) is 65.7 cm³/mol. The topological polar surface area (TPSA) is 38.0 Å². The van der Waals surface area contributed by atoms with E-state index in [1.54, 1.807) is 11.5 Å². The first-order valence-electron chi connectivity index (χ1n) is 6.10. The molecule has 6 heteroatoms. The highest BCUT2D eigenvalue weighted by molar-refractivity contribution is 5.77. The van der Waals surface area contributed by atoms with E-state index in [4.69, 9.17) is 0 Å². The summed E-state index contributed by atoms with van der Waals surface area (Å²) in [4.78, 5) is 4.12. The van der Waals surface area contributed by atoms with Gasteiger partial charge >= 0.3 is 6.18 Å². The quantitative estimate of drug-likeness (QED) is 0.928. The third kappa shape index (κ3) is 2.58. The Morgan fingerprint density at radius 3 is 2.58 bits per heavy atom. The summed E-state index contributed by atoms with van der Waals surface area (Å²) in [7, 11) is 0. The van der Waals surface area contributed by atoms with Crippen LogP contribution in [0.5, 0.6) is 0 Å². The summed E-state index contributed by atoms with van der Waals surface area (Å²) in [5.41, 5.74) is 0.156. The second kappa shape index (κ2) is 4.85. The fraction of sp³-hybridized carbons (Fsp3) is 0.462. The van der Waals surface area contributed by atoms with Gasteiger partial charge in [0, 0.05) is 6.54 Å². The molecule has 0 saturated carbocycles. The molecule has 19 heavy (non-hydrogen) atoms. The zero-order valence-electron chi connectivity index (χ0n) is 10.7. The van der Waals surface area contributed by atoms with E-state index < -0.39 is 17.8 Å². The molecule has 1 aromatic carbocycles. The molecule has 2 aromatic rings. The second-order valence-corrected chi connectivity index (χ2v) is 4.50. The lowest BCUT2D eigenvalue weighted by molar-refractivity contribution is -0.137. The molecule has 1 heterocycles. The van der Waals surface area contributed by atoms with E-state index in [1.807, 2.05) is 6.92 Å². The Balaban J connectivity index is 2.62. The van der Waals surface area contributed by atoms with E-state index in [0.29, 0.717) is 17.9 Å². The second-order valence-electron chi connectivity index (χ2n) is 4.50. The number of benzene rings is 1. The predicted octanol–water partition coefficient (Wildman–Crippen LogP) is 3.52. The van der Waals surface area contributed by atoms with Crippen molar-refractivity contribution in [3.63, 3.8) is 0 Å². The van der Waals surface area contributed by atoms with E-state index >= 15 is 0 Å². The molecular formula is C13H15F3N2O. The van der Waals surface area contributed by atoms with Crippen LogP contribution in [-0.4, -0.2) is 14.7 Å². The third-order valence-corrected chi connectivity index (χ3v) is 2.93. The monoisotopic (exact) mass is 272 g/mol. The Labute approximate surface area is 108 Å². The maximum absolute atomic E-state index is 12.6. The van der Waals surface area contributed by atoms with Crippen LogP contribution in [0.1, 0.15) is 37.8 Å². The molecular weight excluding hydrogens is 257 g/mol. The lowest BCUT2D eigenvalue weighted by atomic mass is 10.2. The van der Waals surface area contributed by atoms with Gasteiger partial charge in [-0.05, 0) is 31.5 Å². The van der Waals surface area contributed by atoms with E-state index in [2.05, 4.69) is 4.98 Å². The summed E-state index contributed by atoms with van der Waals surface area (Å²) in [5, 5.41) is 9.66. The van der Waals surface area contributed by atoms with Gasteiger partial charge < -0.3 is 9.67 Å². The van der Waals surface area contributed by atoms with Crippen LogP contribution in [0.2, 0.25) is 0 Å². The van der Waals surface area contributed by atoms with Gasteiger partial charge in [-0.1, -0.05) is 6.92 Å². The van der Waals surface area contributed by atoms with Crippen LogP contribution < -0.4 is 0 Å². The first kappa shape index (κ1) is 13.9. The number of hydrogen-bond donors (Lipinski definition) is 1. The standard InChI is InChI=1S/C13H15F3N2O/c1-3-6-18-11-5-4-9(13(14,15)16)7-10(11)17-12(18)8(2)19/h4-5,7-8,19H,3,6H2,1-2H3/t8-/m0/s1. The normalized spacial score (nSPS) is 14.0. The lowest BCUT2D eigenvalue weighted by Gasteiger charge is -2.09. The van der Waals surface area contributed by atoms with Gasteiger partial charge in [-0.15, -0.1) is 0 Å². The highest BCUT2D eigenvalue weighted by atomic mass is 19.4. The van der Waals surface area contributed by atoms with Crippen molar-refractivity contribution in [2.75, 3.05) is 0 Å². The Bertz CT molecular complexity index is 587. The van der Waals surface area contributed by atoms with Crippen molar-refractivity contribution in [2.24, 2.45) is 0 Å². The van der Waals surface area contributed by atoms with Gasteiger partial charge in [0.1, 0.15) is 11.9 Å². The number of alkyl halides is 3. The zero-order valence-corrected chi connectivity index (χ0v) is 10.7. The summed E-state index contributed by atoms with van der Waals surface area (Å²) >= 11 is 0. The van der Waals surface area contributed by atoms with Crippen LogP contribution in [0.25, 0.3) is 11.0 Å². The summed E-state index contributed by atoms with van der Waals surface area (Å²) < 4.78 is 39.7. The number of aliphatic hydroxyl groups excluding tert-OH is 1. The van der Waals surface area contributed by atoms with E-state index in [1.165, 1.54) is 6.07 Å². The molecule has 0 radical (unpaired) electrons. The molecule has 0 aliphatic heterocycles. The number of nitrogens with zero attached hydrogens (tertiary/aromatic N) is 2. The van der Waals surface area contributed by atoms with Gasteiger partial charge in [0.05, 0.1) is 16.6 Å². The Kier molecular flexibility index (Phi) is 3.54.